The third-order valence-corrected chi connectivity index (χ3v) is 13.9. The summed E-state index contributed by atoms with van der Waals surface area (Å²) in [4.78, 5) is 2.50. The molecule has 2 aromatic carbocycles. The largest absolute Gasteiger partial charge is 1.00 e. The fourth-order valence-corrected chi connectivity index (χ4v) is 10.3. The summed E-state index contributed by atoms with van der Waals surface area (Å²) in [5.41, 5.74) is 5.84. The van der Waals surface area contributed by atoms with Crippen molar-refractivity contribution in [3.05, 3.63) is 94.7 Å². The minimum atomic E-state index is -4.72. The van der Waals surface area contributed by atoms with Crippen LogP contribution in [0, 0.1) is 5.41 Å². The van der Waals surface area contributed by atoms with Gasteiger partial charge in [-0.05, 0) is 104 Å². The molecule has 1 N–H and O–H groups in total. The second-order valence-corrected chi connectivity index (χ2v) is 22.0. The van der Waals surface area contributed by atoms with Gasteiger partial charge in [0, 0.05) is 58.1 Å². The Kier molecular flexibility index (Phi) is 21.1. The van der Waals surface area contributed by atoms with Crippen molar-refractivity contribution < 1.29 is 147 Å². The monoisotopic (exact) mass is 947 g/mol. The van der Waals surface area contributed by atoms with E-state index in [1.807, 2.05) is 54.9 Å². The summed E-state index contributed by atoms with van der Waals surface area (Å²) in [5.74, 6) is -0.835. The molecule has 2 aliphatic heterocycles. The van der Waals surface area contributed by atoms with E-state index in [4.69, 9.17) is 0 Å². The number of allylic oxidation sites excluding steroid dienone is 8. The minimum absolute atomic E-state index is 0. The third-order valence-electron chi connectivity index (χ3n) is 10.9. The number of rotatable bonds is 17. The summed E-state index contributed by atoms with van der Waals surface area (Å²) in [7, 11) is -13.2. The van der Waals surface area contributed by atoms with Crippen molar-refractivity contribution in [2.75, 3.05) is 29.5 Å². The molecule has 21 heteroatoms. The SMILES string of the molecule is CC1(C)CC(/C=C2/N(CCCCS(=O)(=O)O)c3ccc(SOO[O-])cc3C2(C)C)=CC(=C/C=CC2=[N+](CCCCS(=O)(=O)[O-])c3ccc(S(=O)(=O)[O-])cc3C2(C)C)/C1.[Na+].[Na+].[Na+]. The topological polar surface area (TPSA) is 217 Å². The maximum atomic E-state index is 12.0. The van der Waals surface area contributed by atoms with E-state index in [0.717, 1.165) is 58.7 Å². The van der Waals surface area contributed by atoms with Crippen LogP contribution in [0.5, 0.6) is 0 Å². The van der Waals surface area contributed by atoms with Crippen molar-refractivity contribution in [1.82, 2.24) is 0 Å². The molecular formula is C40H50N2Na3O12S4+. The Balaban J connectivity index is 0.00000427. The fourth-order valence-electron chi connectivity index (χ4n) is 8.26. The van der Waals surface area contributed by atoms with Crippen LogP contribution in [0.2, 0.25) is 0 Å². The molecule has 0 unspecified atom stereocenters. The van der Waals surface area contributed by atoms with Crippen LogP contribution in [0.15, 0.2) is 93.4 Å². The van der Waals surface area contributed by atoms with Crippen molar-refractivity contribution in [3.63, 3.8) is 0 Å². The van der Waals surface area contributed by atoms with Crippen LogP contribution in [-0.4, -0.2) is 73.8 Å². The summed E-state index contributed by atoms with van der Waals surface area (Å²) >= 11 is 0.802. The summed E-state index contributed by atoms with van der Waals surface area (Å²) in [5, 5.41) is 14.1. The molecule has 61 heavy (non-hydrogen) atoms. The zero-order valence-electron chi connectivity index (χ0n) is 36.4. The third kappa shape index (κ3) is 14.9. The molecular weight excluding hydrogens is 898 g/mol. The van der Waals surface area contributed by atoms with Crippen LogP contribution in [0.1, 0.15) is 91.2 Å². The van der Waals surface area contributed by atoms with Gasteiger partial charge in [0.05, 0.1) is 38.2 Å². The zero-order valence-corrected chi connectivity index (χ0v) is 45.7. The second kappa shape index (κ2) is 22.5. The molecule has 14 nitrogen and oxygen atoms in total. The number of fused-ring (bicyclic) bond motifs is 2. The molecule has 318 valence electrons. The van der Waals surface area contributed by atoms with Crippen molar-refractivity contribution in [1.29, 1.82) is 0 Å². The molecule has 0 fully saturated rings. The van der Waals surface area contributed by atoms with Gasteiger partial charge in [-0.2, -0.15) is 17.3 Å². The fraction of sp³-hybridized carbons (Fsp3) is 0.475. The van der Waals surface area contributed by atoms with E-state index in [1.54, 1.807) is 6.07 Å². The van der Waals surface area contributed by atoms with Crippen LogP contribution < -0.4 is 98.8 Å². The summed E-state index contributed by atoms with van der Waals surface area (Å²) < 4.78 is 108. The van der Waals surface area contributed by atoms with Crippen molar-refractivity contribution in [2.45, 2.75) is 101 Å². The Labute approximate surface area is 431 Å². The standard InChI is InChI=1S/C40H52N2O12S4.3Na/c1-38(2)26-28(12-11-13-36-39(3,4)33-25-31(58(50,51)52)15-17-35(33)41(36)18-7-9-20-56(44,45)46)22-29(27-38)23-37-40(5,6)32-24-30(55-54-53-43)14-16-34(32)42(37)19-8-10-21-57(47,48)49;;;/h11-17,22-25H,7-10,18-21,26-27H2,1-6H3,(H3-,43,44,45,46,47,48,49,50,51,52);;;/q;3*+1/p-2. The van der Waals surface area contributed by atoms with Crippen molar-refractivity contribution in [3.8, 4) is 0 Å². The summed E-state index contributed by atoms with van der Waals surface area (Å²) in [6.07, 6.45) is 13.1. The predicted octanol–water partition coefficient (Wildman–Crippen LogP) is -2.89. The van der Waals surface area contributed by atoms with Crippen molar-refractivity contribution >= 4 is 59.5 Å². The number of hydrogen-bond donors (Lipinski definition) is 1. The van der Waals surface area contributed by atoms with E-state index < -0.39 is 46.9 Å². The van der Waals surface area contributed by atoms with Gasteiger partial charge in [-0.3, -0.25) is 9.59 Å². The van der Waals surface area contributed by atoms with Crippen LogP contribution in [-0.2, 0) is 50.6 Å². The van der Waals surface area contributed by atoms with Crippen LogP contribution >= 0.6 is 12.0 Å². The van der Waals surface area contributed by atoms with Gasteiger partial charge in [-0.25, -0.2) is 16.8 Å². The molecule has 2 heterocycles. The first-order valence-electron chi connectivity index (χ1n) is 18.8. The molecule has 0 spiro atoms. The van der Waals surface area contributed by atoms with E-state index in [9.17, 15) is 44.2 Å². The van der Waals surface area contributed by atoms with E-state index >= 15 is 0 Å². The molecule has 0 amide bonds. The summed E-state index contributed by atoms with van der Waals surface area (Å²) in [6.45, 7) is 13.3. The van der Waals surface area contributed by atoms with Crippen LogP contribution in [0.4, 0.5) is 11.4 Å². The Morgan fingerprint density at radius 2 is 1.52 bits per heavy atom. The molecule has 0 saturated heterocycles. The van der Waals surface area contributed by atoms with Crippen molar-refractivity contribution in [2.24, 2.45) is 5.41 Å². The smallest absolute Gasteiger partial charge is 0.748 e. The quantitative estimate of drug-likeness (QED) is 0.0321. The first-order chi connectivity index (χ1) is 26.8. The van der Waals surface area contributed by atoms with Gasteiger partial charge in [0.1, 0.15) is 16.7 Å². The first-order valence-corrected chi connectivity index (χ1v) is 24.2. The molecule has 1 aliphatic carbocycles. The predicted molar refractivity (Wildman–Crippen MR) is 218 cm³/mol. The van der Waals surface area contributed by atoms with E-state index in [-0.39, 0.29) is 118 Å². The number of hydrogen-bond acceptors (Lipinski definition) is 13. The average molecular weight is 948 g/mol. The maximum Gasteiger partial charge on any atom is 1.00 e. The molecule has 2 aromatic rings. The van der Waals surface area contributed by atoms with Gasteiger partial charge in [0.2, 0.25) is 5.69 Å². The van der Waals surface area contributed by atoms with Gasteiger partial charge in [0.25, 0.3) is 10.1 Å². The number of unbranched alkanes of at least 4 members (excludes halogenated alkanes) is 2. The first kappa shape index (κ1) is 57.0. The Bertz CT molecular complexity index is 2430. The van der Waals surface area contributed by atoms with Gasteiger partial charge < -0.3 is 19.3 Å². The molecule has 0 radical (unpaired) electrons. The molecule has 0 saturated carbocycles. The number of benzene rings is 2. The van der Waals surface area contributed by atoms with Crippen LogP contribution in [0.25, 0.3) is 0 Å². The van der Waals surface area contributed by atoms with E-state index in [0.29, 0.717) is 42.1 Å². The molecule has 0 aromatic heterocycles. The van der Waals surface area contributed by atoms with Gasteiger partial charge in [-0.15, -0.1) is 0 Å². The Morgan fingerprint density at radius 3 is 2.15 bits per heavy atom. The summed E-state index contributed by atoms with van der Waals surface area (Å²) in [6, 6.07) is 9.94. The number of nitrogens with zero attached hydrogens (tertiary/aromatic N) is 2. The molecule has 5 rings (SSSR count). The van der Waals surface area contributed by atoms with Gasteiger partial charge >= 0.3 is 88.7 Å². The van der Waals surface area contributed by atoms with Gasteiger partial charge in [0.15, 0.2) is 5.71 Å². The zero-order chi connectivity index (χ0) is 42.9. The Hall–Kier alpha value is -0.170. The minimum Gasteiger partial charge on any atom is -0.748 e. The molecule has 3 aliphatic rings. The normalized spacial score (nSPS) is 19.3. The number of anilines is 1. The van der Waals surface area contributed by atoms with E-state index in [2.05, 4.69) is 54.1 Å². The molecule has 0 bridgehead atoms. The maximum absolute atomic E-state index is 12.0. The van der Waals surface area contributed by atoms with Gasteiger partial charge in [-0.1, -0.05) is 45.9 Å². The average Bonchev–Trinajstić information content (AvgIpc) is 3.43. The van der Waals surface area contributed by atoms with E-state index in [1.165, 1.54) is 12.1 Å². The second-order valence-electron chi connectivity index (χ2n) is 16.8. The Morgan fingerprint density at radius 1 is 0.852 bits per heavy atom. The van der Waals surface area contributed by atoms with Crippen LogP contribution in [0.3, 0.4) is 0 Å². The molecule has 0 atom stereocenters.